The topological polar surface area (TPSA) is 60.7 Å². The van der Waals surface area contributed by atoms with Crippen LogP contribution in [0.15, 0.2) is 0 Å². The van der Waals surface area contributed by atoms with Gasteiger partial charge in [0.15, 0.2) is 6.29 Å². The van der Waals surface area contributed by atoms with E-state index in [1.165, 1.54) is 19.3 Å². The summed E-state index contributed by atoms with van der Waals surface area (Å²) in [7, 11) is 0. The normalized spacial score (nSPS) is 10.0. The zero-order valence-electron chi connectivity index (χ0n) is 10.3. The standard InChI is InChI=1S/C6H14O2.C6H14O/c1-2-3-4-5-6(7)8;1-2-3-4-5-6-7/h6-8H,2-5H2,1H3;7H,2-6H2,1H3. The summed E-state index contributed by atoms with van der Waals surface area (Å²) >= 11 is 0. The van der Waals surface area contributed by atoms with Crippen molar-refractivity contribution in [3.63, 3.8) is 0 Å². The summed E-state index contributed by atoms with van der Waals surface area (Å²) in [6, 6.07) is 0. The summed E-state index contributed by atoms with van der Waals surface area (Å²) in [5.74, 6) is 0. The van der Waals surface area contributed by atoms with Crippen molar-refractivity contribution in [3.05, 3.63) is 0 Å². The molecule has 0 saturated heterocycles. The van der Waals surface area contributed by atoms with E-state index in [0.29, 0.717) is 13.0 Å². The van der Waals surface area contributed by atoms with Crippen LogP contribution >= 0.6 is 0 Å². The van der Waals surface area contributed by atoms with Gasteiger partial charge < -0.3 is 15.3 Å². The first-order valence-electron chi connectivity index (χ1n) is 6.16. The van der Waals surface area contributed by atoms with E-state index in [0.717, 1.165) is 25.7 Å². The molecular weight excluding hydrogens is 192 g/mol. The fourth-order valence-corrected chi connectivity index (χ4v) is 1.12. The largest absolute Gasteiger partial charge is 0.396 e. The van der Waals surface area contributed by atoms with Crippen LogP contribution in [0.1, 0.15) is 65.2 Å². The smallest absolute Gasteiger partial charge is 0.151 e. The SMILES string of the molecule is CCCCCC(O)O.CCCCCCO. The van der Waals surface area contributed by atoms with E-state index in [-0.39, 0.29) is 0 Å². The van der Waals surface area contributed by atoms with Crippen molar-refractivity contribution in [1.29, 1.82) is 0 Å². The van der Waals surface area contributed by atoms with Crippen LogP contribution < -0.4 is 0 Å². The lowest BCUT2D eigenvalue weighted by molar-refractivity contribution is -0.0465. The van der Waals surface area contributed by atoms with Gasteiger partial charge in [0.05, 0.1) is 0 Å². The second kappa shape index (κ2) is 16.3. The van der Waals surface area contributed by atoms with E-state index < -0.39 is 6.29 Å². The van der Waals surface area contributed by atoms with Crippen LogP contribution in [0, 0.1) is 0 Å². The first-order chi connectivity index (χ1) is 7.18. The average molecular weight is 220 g/mol. The fourth-order valence-electron chi connectivity index (χ4n) is 1.12. The molecule has 0 amide bonds. The van der Waals surface area contributed by atoms with Crippen molar-refractivity contribution in [2.24, 2.45) is 0 Å². The maximum absolute atomic E-state index is 8.33. The van der Waals surface area contributed by atoms with Gasteiger partial charge in [-0.05, 0) is 19.3 Å². The molecule has 0 aromatic carbocycles. The Balaban J connectivity index is 0. The Morgan fingerprint density at radius 3 is 1.73 bits per heavy atom. The van der Waals surface area contributed by atoms with E-state index in [1.54, 1.807) is 0 Å². The van der Waals surface area contributed by atoms with Crippen LogP contribution in [0.4, 0.5) is 0 Å². The van der Waals surface area contributed by atoms with E-state index in [1.807, 2.05) is 0 Å². The predicted molar refractivity (Wildman–Crippen MR) is 63.6 cm³/mol. The second-order valence-corrected chi connectivity index (χ2v) is 3.76. The maximum atomic E-state index is 8.33. The molecule has 0 rings (SSSR count). The predicted octanol–water partition coefficient (Wildman–Crippen LogP) is 2.44. The van der Waals surface area contributed by atoms with Crippen LogP contribution in [0.5, 0.6) is 0 Å². The highest BCUT2D eigenvalue weighted by atomic mass is 16.5. The Bertz CT molecular complexity index is 90.9. The lowest BCUT2D eigenvalue weighted by Gasteiger charge is -1.99. The minimum atomic E-state index is -1.10. The second-order valence-electron chi connectivity index (χ2n) is 3.76. The quantitative estimate of drug-likeness (QED) is 0.435. The molecule has 0 aliphatic rings. The summed E-state index contributed by atoms with van der Waals surface area (Å²) in [6.07, 6.45) is 7.26. The Labute approximate surface area is 94.1 Å². The lowest BCUT2D eigenvalue weighted by atomic mass is 10.2. The summed E-state index contributed by atoms with van der Waals surface area (Å²) in [5, 5.41) is 25.0. The van der Waals surface area contributed by atoms with E-state index in [9.17, 15) is 0 Å². The van der Waals surface area contributed by atoms with Gasteiger partial charge in [0.25, 0.3) is 0 Å². The summed E-state index contributed by atoms with van der Waals surface area (Å²) in [5.41, 5.74) is 0. The van der Waals surface area contributed by atoms with E-state index >= 15 is 0 Å². The molecule has 0 spiro atoms. The highest BCUT2D eigenvalue weighted by Crippen LogP contribution is 2.00. The molecule has 94 valence electrons. The summed E-state index contributed by atoms with van der Waals surface area (Å²) in [6.45, 7) is 4.61. The van der Waals surface area contributed by atoms with Crippen LogP contribution in [0.25, 0.3) is 0 Å². The first-order valence-corrected chi connectivity index (χ1v) is 6.16. The fraction of sp³-hybridized carbons (Fsp3) is 1.00. The van der Waals surface area contributed by atoms with Gasteiger partial charge in [0.1, 0.15) is 0 Å². The van der Waals surface area contributed by atoms with Gasteiger partial charge in [-0.3, -0.25) is 0 Å². The van der Waals surface area contributed by atoms with Gasteiger partial charge in [-0.2, -0.15) is 0 Å². The minimum absolute atomic E-state index is 0.361. The number of hydrogen-bond donors (Lipinski definition) is 3. The Hall–Kier alpha value is -0.120. The Morgan fingerprint density at radius 1 is 0.800 bits per heavy atom. The molecule has 0 aromatic rings. The van der Waals surface area contributed by atoms with Crippen molar-refractivity contribution >= 4 is 0 Å². The first kappa shape index (κ1) is 17.3. The zero-order chi connectivity index (χ0) is 11.9. The molecule has 0 aromatic heterocycles. The molecule has 0 radical (unpaired) electrons. The van der Waals surface area contributed by atoms with Gasteiger partial charge in [-0.15, -0.1) is 0 Å². The molecule has 0 saturated carbocycles. The molecule has 15 heavy (non-hydrogen) atoms. The van der Waals surface area contributed by atoms with Crippen molar-refractivity contribution in [2.75, 3.05) is 6.61 Å². The molecular formula is C12H28O3. The van der Waals surface area contributed by atoms with E-state index in [2.05, 4.69) is 13.8 Å². The molecule has 0 bridgehead atoms. The van der Waals surface area contributed by atoms with Gasteiger partial charge in [-0.1, -0.05) is 46.0 Å². The molecule has 3 heteroatoms. The number of unbranched alkanes of at least 4 members (excludes halogenated alkanes) is 5. The molecule has 0 heterocycles. The molecule has 0 fully saturated rings. The minimum Gasteiger partial charge on any atom is -0.396 e. The third-order valence-electron chi connectivity index (χ3n) is 2.08. The summed E-state index contributed by atoms with van der Waals surface area (Å²) in [4.78, 5) is 0. The van der Waals surface area contributed by atoms with Crippen molar-refractivity contribution < 1.29 is 15.3 Å². The zero-order valence-corrected chi connectivity index (χ0v) is 10.3. The van der Waals surface area contributed by atoms with Gasteiger partial charge in [0, 0.05) is 6.61 Å². The molecule has 0 unspecified atom stereocenters. The van der Waals surface area contributed by atoms with E-state index in [4.69, 9.17) is 15.3 Å². The molecule has 0 aliphatic carbocycles. The Morgan fingerprint density at radius 2 is 1.33 bits per heavy atom. The summed E-state index contributed by atoms with van der Waals surface area (Å²) < 4.78 is 0. The third-order valence-corrected chi connectivity index (χ3v) is 2.08. The molecule has 3 nitrogen and oxygen atoms in total. The Kier molecular flexibility index (Phi) is 18.8. The van der Waals surface area contributed by atoms with Crippen molar-refractivity contribution in [2.45, 2.75) is 71.5 Å². The number of aliphatic hydroxyl groups is 3. The highest BCUT2D eigenvalue weighted by molar-refractivity contribution is 4.40. The monoisotopic (exact) mass is 220 g/mol. The third kappa shape index (κ3) is 24.8. The molecule has 0 atom stereocenters. The van der Waals surface area contributed by atoms with Gasteiger partial charge in [0.2, 0.25) is 0 Å². The van der Waals surface area contributed by atoms with Crippen LogP contribution in [-0.4, -0.2) is 28.2 Å². The van der Waals surface area contributed by atoms with Gasteiger partial charge in [-0.25, -0.2) is 0 Å². The van der Waals surface area contributed by atoms with Crippen molar-refractivity contribution in [1.82, 2.24) is 0 Å². The molecule has 0 aliphatic heterocycles. The van der Waals surface area contributed by atoms with Crippen LogP contribution in [0.3, 0.4) is 0 Å². The van der Waals surface area contributed by atoms with Crippen molar-refractivity contribution in [3.8, 4) is 0 Å². The highest BCUT2D eigenvalue weighted by Gasteiger charge is 1.93. The number of aliphatic hydroxyl groups excluding tert-OH is 2. The van der Waals surface area contributed by atoms with Crippen LogP contribution in [0.2, 0.25) is 0 Å². The number of hydrogen-bond acceptors (Lipinski definition) is 3. The van der Waals surface area contributed by atoms with Crippen LogP contribution in [-0.2, 0) is 0 Å². The number of rotatable bonds is 8. The maximum Gasteiger partial charge on any atom is 0.151 e. The average Bonchev–Trinajstić information content (AvgIpc) is 2.20. The lowest BCUT2D eigenvalue weighted by Crippen LogP contribution is -2.02. The molecule has 3 N–H and O–H groups in total. The van der Waals surface area contributed by atoms with Gasteiger partial charge >= 0.3 is 0 Å².